The molecule has 0 heterocycles. The van der Waals surface area contributed by atoms with Crippen LogP contribution in [-0.4, -0.2) is 14.2 Å². The fourth-order valence-electron chi connectivity index (χ4n) is 1.71. The first-order chi connectivity index (χ1) is 8.74. The highest BCUT2D eigenvalue weighted by molar-refractivity contribution is 5.63. The molecule has 0 bridgehead atoms. The van der Waals surface area contributed by atoms with Gasteiger partial charge in [0.2, 0.25) is 0 Å². The van der Waals surface area contributed by atoms with Crippen molar-refractivity contribution in [3.05, 3.63) is 54.1 Å². The van der Waals surface area contributed by atoms with E-state index in [1.54, 1.807) is 7.11 Å². The van der Waals surface area contributed by atoms with Gasteiger partial charge in [-0.3, -0.25) is 0 Å². The molecular formula is C15H14N2O. The van der Waals surface area contributed by atoms with Crippen LogP contribution in [0.3, 0.4) is 0 Å². The molecule has 0 aliphatic heterocycles. The van der Waals surface area contributed by atoms with Crippen LogP contribution in [0.4, 0.5) is 11.4 Å². The Morgan fingerprint density at radius 3 is 1.89 bits per heavy atom. The van der Waals surface area contributed by atoms with E-state index < -0.39 is 0 Å². The number of benzene rings is 2. The van der Waals surface area contributed by atoms with Crippen molar-refractivity contribution < 1.29 is 4.74 Å². The third-order valence-corrected chi connectivity index (χ3v) is 2.84. The van der Waals surface area contributed by atoms with Crippen LogP contribution in [0.2, 0.25) is 0 Å². The standard InChI is InChI=1S/C15H14N2O/c1-17(13-5-3-12(11-16)4-6-13)14-7-9-15(18-2)10-8-14/h3-10H,1-2H3. The molecule has 0 radical (unpaired) electrons. The van der Waals surface area contributed by atoms with Gasteiger partial charge in [0.25, 0.3) is 0 Å². The van der Waals surface area contributed by atoms with Crippen LogP contribution in [0, 0.1) is 11.3 Å². The van der Waals surface area contributed by atoms with Crippen LogP contribution in [0.1, 0.15) is 5.56 Å². The average Bonchev–Trinajstić information content (AvgIpc) is 2.47. The molecule has 18 heavy (non-hydrogen) atoms. The summed E-state index contributed by atoms with van der Waals surface area (Å²) in [5.74, 6) is 0.840. The Hall–Kier alpha value is -2.47. The smallest absolute Gasteiger partial charge is 0.119 e. The minimum atomic E-state index is 0.668. The molecule has 0 saturated carbocycles. The molecule has 0 aliphatic carbocycles. The second-order valence-electron chi connectivity index (χ2n) is 3.92. The monoisotopic (exact) mass is 238 g/mol. The Balaban J connectivity index is 2.23. The van der Waals surface area contributed by atoms with Crippen molar-refractivity contribution in [1.82, 2.24) is 0 Å². The molecule has 2 aromatic rings. The maximum Gasteiger partial charge on any atom is 0.119 e. The molecular weight excluding hydrogens is 224 g/mol. The molecule has 0 atom stereocenters. The van der Waals surface area contributed by atoms with Crippen molar-refractivity contribution in [2.24, 2.45) is 0 Å². The molecule has 0 spiro atoms. The van der Waals surface area contributed by atoms with E-state index >= 15 is 0 Å². The van der Waals surface area contributed by atoms with Gasteiger partial charge in [0.15, 0.2) is 0 Å². The SMILES string of the molecule is COc1ccc(N(C)c2ccc(C#N)cc2)cc1. The first-order valence-electron chi connectivity index (χ1n) is 5.62. The van der Waals surface area contributed by atoms with Crippen molar-refractivity contribution in [2.45, 2.75) is 0 Å². The fourth-order valence-corrected chi connectivity index (χ4v) is 1.71. The fraction of sp³-hybridized carbons (Fsp3) is 0.133. The van der Waals surface area contributed by atoms with Gasteiger partial charge in [-0.2, -0.15) is 5.26 Å². The van der Waals surface area contributed by atoms with Crippen LogP contribution in [0.5, 0.6) is 5.75 Å². The highest BCUT2D eigenvalue weighted by atomic mass is 16.5. The molecule has 0 N–H and O–H groups in total. The first kappa shape index (κ1) is 12.0. The van der Waals surface area contributed by atoms with Crippen LogP contribution in [-0.2, 0) is 0 Å². The molecule has 2 rings (SSSR count). The molecule has 0 saturated heterocycles. The van der Waals surface area contributed by atoms with E-state index in [4.69, 9.17) is 10.00 Å². The van der Waals surface area contributed by atoms with E-state index in [1.807, 2.05) is 55.6 Å². The van der Waals surface area contributed by atoms with Crippen LogP contribution < -0.4 is 9.64 Å². The van der Waals surface area contributed by atoms with Crippen LogP contribution in [0.15, 0.2) is 48.5 Å². The van der Waals surface area contributed by atoms with E-state index in [-0.39, 0.29) is 0 Å². The Bertz CT molecular complexity index is 553. The summed E-state index contributed by atoms with van der Waals surface area (Å²) in [6.07, 6.45) is 0. The van der Waals surface area contributed by atoms with Gasteiger partial charge in [0, 0.05) is 18.4 Å². The predicted molar refractivity (Wildman–Crippen MR) is 72.2 cm³/mol. The van der Waals surface area contributed by atoms with Gasteiger partial charge in [-0.25, -0.2) is 0 Å². The summed E-state index contributed by atoms with van der Waals surface area (Å²) in [7, 11) is 3.64. The second-order valence-corrected chi connectivity index (χ2v) is 3.92. The number of anilines is 2. The third kappa shape index (κ3) is 2.44. The van der Waals surface area contributed by atoms with E-state index in [1.165, 1.54) is 0 Å². The number of methoxy groups -OCH3 is 1. The maximum absolute atomic E-state index is 8.76. The number of hydrogen-bond donors (Lipinski definition) is 0. The summed E-state index contributed by atoms with van der Waals surface area (Å²) in [6, 6.07) is 17.5. The molecule has 0 aromatic heterocycles. The Morgan fingerprint density at radius 2 is 1.44 bits per heavy atom. The van der Waals surface area contributed by atoms with Gasteiger partial charge in [-0.15, -0.1) is 0 Å². The number of ether oxygens (including phenoxy) is 1. The summed E-state index contributed by atoms with van der Waals surface area (Å²) in [5, 5.41) is 8.76. The lowest BCUT2D eigenvalue weighted by atomic mass is 10.2. The van der Waals surface area contributed by atoms with Gasteiger partial charge >= 0.3 is 0 Å². The lowest BCUT2D eigenvalue weighted by Crippen LogP contribution is -2.08. The summed E-state index contributed by atoms with van der Waals surface area (Å²) < 4.78 is 5.13. The van der Waals surface area contributed by atoms with Crippen molar-refractivity contribution in [1.29, 1.82) is 5.26 Å². The zero-order valence-corrected chi connectivity index (χ0v) is 10.4. The van der Waals surface area contributed by atoms with Crippen molar-refractivity contribution in [3.63, 3.8) is 0 Å². The highest BCUT2D eigenvalue weighted by Crippen LogP contribution is 2.25. The Morgan fingerprint density at radius 1 is 0.944 bits per heavy atom. The number of rotatable bonds is 3. The van der Waals surface area contributed by atoms with E-state index in [2.05, 4.69) is 11.0 Å². The minimum Gasteiger partial charge on any atom is -0.497 e. The summed E-state index contributed by atoms with van der Waals surface area (Å²) in [6.45, 7) is 0. The quantitative estimate of drug-likeness (QED) is 0.822. The van der Waals surface area contributed by atoms with Crippen LogP contribution >= 0.6 is 0 Å². The molecule has 3 heteroatoms. The van der Waals surface area contributed by atoms with Crippen molar-refractivity contribution in [3.8, 4) is 11.8 Å². The largest absolute Gasteiger partial charge is 0.497 e. The Labute approximate surface area is 107 Å². The van der Waals surface area contributed by atoms with Gasteiger partial charge in [-0.05, 0) is 48.5 Å². The maximum atomic E-state index is 8.76. The van der Waals surface area contributed by atoms with Crippen LogP contribution in [0.25, 0.3) is 0 Å². The lowest BCUT2D eigenvalue weighted by Gasteiger charge is -2.19. The van der Waals surface area contributed by atoms with E-state index in [0.717, 1.165) is 17.1 Å². The Kier molecular flexibility index (Phi) is 3.49. The topological polar surface area (TPSA) is 36.3 Å². The van der Waals surface area contributed by atoms with Crippen molar-refractivity contribution in [2.75, 3.05) is 19.1 Å². The predicted octanol–water partition coefficient (Wildman–Crippen LogP) is 3.33. The van der Waals surface area contributed by atoms with Gasteiger partial charge in [-0.1, -0.05) is 0 Å². The second kappa shape index (κ2) is 5.24. The highest BCUT2D eigenvalue weighted by Gasteiger charge is 2.03. The summed E-state index contributed by atoms with van der Waals surface area (Å²) >= 11 is 0. The number of hydrogen-bond acceptors (Lipinski definition) is 3. The normalized spacial score (nSPS) is 9.61. The molecule has 0 fully saturated rings. The molecule has 90 valence electrons. The lowest BCUT2D eigenvalue weighted by molar-refractivity contribution is 0.415. The van der Waals surface area contributed by atoms with Gasteiger partial charge in [0.1, 0.15) is 5.75 Å². The van der Waals surface area contributed by atoms with E-state index in [9.17, 15) is 0 Å². The molecule has 2 aromatic carbocycles. The summed E-state index contributed by atoms with van der Waals surface area (Å²) in [5.41, 5.74) is 2.78. The molecule has 3 nitrogen and oxygen atoms in total. The van der Waals surface area contributed by atoms with Gasteiger partial charge < -0.3 is 9.64 Å². The molecule has 0 aliphatic rings. The average molecular weight is 238 g/mol. The number of nitriles is 1. The minimum absolute atomic E-state index is 0.668. The molecule has 0 unspecified atom stereocenters. The first-order valence-corrected chi connectivity index (χ1v) is 5.62. The molecule has 0 amide bonds. The zero-order valence-electron chi connectivity index (χ0n) is 10.4. The summed E-state index contributed by atoms with van der Waals surface area (Å²) in [4.78, 5) is 2.06. The van der Waals surface area contributed by atoms with Gasteiger partial charge in [0.05, 0.1) is 18.7 Å². The number of nitrogens with zero attached hydrogens (tertiary/aromatic N) is 2. The van der Waals surface area contributed by atoms with E-state index in [0.29, 0.717) is 5.56 Å². The van der Waals surface area contributed by atoms with Crippen molar-refractivity contribution >= 4 is 11.4 Å². The zero-order chi connectivity index (χ0) is 13.0. The third-order valence-electron chi connectivity index (χ3n) is 2.84.